The summed E-state index contributed by atoms with van der Waals surface area (Å²) in [6.45, 7) is 3.97. The number of rotatable bonds is 5. The fraction of sp³-hybridized carbons (Fsp3) is 0.227. The summed E-state index contributed by atoms with van der Waals surface area (Å²) in [7, 11) is 0. The Bertz CT molecular complexity index is 957. The smallest absolute Gasteiger partial charge is 0.326 e. The molecule has 0 bridgehead atoms. The summed E-state index contributed by atoms with van der Waals surface area (Å²) in [4.78, 5) is 31.8. The molecule has 0 aliphatic carbocycles. The van der Waals surface area contributed by atoms with E-state index >= 15 is 0 Å². The Hall–Kier alpha value is -3.41. The van der Waals surface area contributed by atoms with Crippen LogP contribution in [0.3, 0.4) is 0 Å². The first-order chi connectivity index (χ1) is 13.5. The van der Waals surface area contributed by atoms with E-state index in [1.54, 1.807) is 6.20 Å². The van der Waals surface area contributed by atoms with Crippen LogP contribution in [0.25, 0.3) is 0 Å². The first-order valence-corrected chi connectivity index (χ1v) is 9.22. The molecule has 1 aliphatic heterocycles. The number of carbonyl (C=O) groups excluding carboxylic acids is 2. The maximum Gasteiger partial charge on any atom is 0.326 e. The van der Waals surface area contributed by atoms with Crippen LogP contribution in [0, 0.1) is 0 Å². The van der Waals surface area contributed by atoms with Crippen molar-refractivity contribution < 1.29 is 14.0 Å². The number of nitrogens with zero attached hydrogens (tertiary/aromatic N) is 2. The minimum atomic E-state index is -1.27. The third-order valence-electron chi connectivity index (χ3n) is 4.95. The van der Waals surface area contributed by atoms with Gasteiger partial charge in [-0.3, -0.25) is 9.69 Å². The average Bonchev–Trinajstić information content (AvgIpc) is 3.29. The highest BCUT2D eigenvalue weighted by molar-refractivity contribution is 6.09. The molecule has 0 unspecified atom stereocenters. The van der Waals surface area contributed by atoms with Crippen LogP contribution in [0.1, 0.15) is 42.5 Å². The minimum absolute atomic E-state index is 0.0151. The highest BCUT2D eigenvalue weighted by Gasteiger charge is 2.53. The molecule has 1 fully saturated rings. The molecule has 3 aromatic rings. The summed E-state index contributed by atoms with van der Waals surface area (Å²) < 4.78 is 5.70. The predicted octanol–water partition coefficient (Wildman–Crippen LogP) is 3.79. The second-order valence-electron chi connectivity index (χ2n) is 7.11. The van der Waals surface area contributed by atoms with Crippen molar-refractivity contribution in [2.75, 3.05) is 0 Å². The molecule has 28 heavy (non-hydrogen) atoms. The van der Waals surface area contributed by atoms with Crippen molar-refractivity contribution in [3.8, 4) is 0 Å². The Morgan fingerprint density at radius 1 is 1.00 bits per heavy atom. The third-order valence-corrected chi connectivity index (χ3v) is 4.95. The fourth-order valence-electron chi connectivity index (χ4n) is 3.45. The molecule has 1 N–H and O–H groups in total. The number of hydrogen-bond donors (Lipinski definition) is 1. The third kappa shape index (κ3) is 2.87. The van der Waals surface area contributed by atoms with Crippen molar-refractivity contribution in [1.29, 1.82) is 0 Å². The Morgan fingerprint density at radius 2 is 1.57 bits per heavy atom. The summed E-state index contributed by atoms with van der Waals surface area (Å²) >= 11 is 0. The molecule has 1 aliphatic rings. The molecule has 1 saturated heterocycles. The molecule has 0 atom stereocenters. The van der Waals surface area contributed by atoms with E-state index in [1.165, 1.54) is 0 Å². The number of benzene rings is 2. The minimum Gasteiger partial charge on any atom is -0.443 e. The summed E-state index contributed by atoms with van der Waals surface area (Å²) in [5.41, 5.74) is 0.141. The molecule has 2 heterocycles. The predicted molar refractivity (Wildman–Crippen MR) is 103 cm³/mol. The van der Waals surface area contributed by atoms with Gasteiger partial charge in [-0.1, -0.05) is 74.5 Å². The molecule has 3 amide bonds. The van der Waals surface area contributed by atoms with Crippen molar-refractivity contribution in [1.82, 2.24) is 15.2 Å². The second kappa shape index (κ2) is 6.96. The van der Waals surface area contributed by atoms with Crippen molar-refractivity contribution in [2.24, 2.45) is 0 Å². The molecular weight excluding hydrogens is 354 g/mol. The number of imide groups is 1. The molecule has 4 rings (SSSR count). The van der Waals surface area contributed by atoms with Crippen LogP contribution >= 0.6 is 0 Å². The van der Waals surface area contributed by atoms with Gasteiger partial charge in [0.15, 0.2) is 5.54 Å². The van der Waals surface area contributed by atoms with Gasteiger partial charge in [0.05, 0.1) is 6.20 Å². The van der Waals surface area contributed by atoms with E-state index in [0.29, 0.717) is 17.0 Å². The normalized spacial score (nSPS) is 15.9. The number of nitrogens with one attached hydrogen (secondary N) is 1. The lowest BCUT2D eigenvalue weighted by Gasteiger charge is -2.27. The maximum absolute atomic E-state index is 13.6. The van der Waals surface area contributed by atoms with E-state index in [9.17, 15) is 9.59 Å². The molecule has 2 aromatic carbocycles. The zero-order valence-electron chi connectivity index (χ0n) is 15.8. The average molecular weight is 375 g/mol. The summed E-state index contributed by atoms with van der Waals surface area (Å²) in [6.07, 6.45) is 1.64. The first kappa shape index (κ1) is 18.0. The van der Waals surface area contributed by atoms with Gasteiger partial charge >= 0.3 is 6.03 Å². The lowest BCUT2D eigenvalue weighted by atomic mass is 9.82. The van der Waals surface area contributed by atoms with Crippen molar-refractivity contribution in [3.63, 3.8) is 0 Å². The van der Waals surface area contributed by atoms with Crippen LogP contribution in [-0.2, 0) is 16.9 Å². The Kier molecular flexibility index (Phi) is 4.47. The summed E-state index contributed by atoms with van der Waals surface area (Å²) in [5.74, 6) is 0.889. The quantitative estimate of drug-likeness (QED) is 0.689. The molecule has 6 nitrogen and oxygen atoms in total. The highest BCUT2D eigenvalue weighted by Crippen LogP contribution is 2.36. The lowest BCUT2D eigenvalue weighted by molar-refractivity contribution is -0.130. The van der Waals surface area contributed by atoms with Gasteiger partial charge in [-0.15, -0.1) is 0 Å². The largest absolute Gasteiger partial charge is 0.443 e. The number of amides is 3. The van der Waals surface area contributed by atoms with E-state index in [4.69, 9.17) is 4.42 Å². The van der Waals surface area contributed by atoms with Gasteiger partial charge in [0.1, 0.15) is 12.3 Å². The lowest BCUT2D eigenvalue weighted by Crippen LogP contribution is -2.45. The monoisotopic (exact) mass is 375 g/mol. The van der Waals surface area contributed by atoms with Crippen LogP contribution in [0.5, 0.6) is 0 Å². The number of aromatic nitrogens is 1. The number of carbonyl (C=O) groups is 2. The summed E-state index contributed by atoms with van der Waals surface area (Å²) in [6, 6.07) is 18.1. The van der Waals surface area contributed by atoms with Crippen molar-refractivity contribution in [3.05, 3.63) is 89.6 Å². The van der Waals surface area contributed by atoms with Gasteiger partial charge in [0.25, 0.3) is 5.91 Å². The van der Waals surface area contributed by atoms with E-state index < -0.39 is 11.6 Å². The molecule has 6 heteroatoms. The Balaban J connectivity index is 1.74. The second-order valence-corrected chi connectivity index (χ2v) is 7.11. The maximum atomic E-state index is 13.6. The molecule has 142 valence electrons. The zero-order chi connectivity index (χ0) is 19.7. The number of urea groups is 1. The Morgan fingerprint density at radius 3 is 2.07 bits per heavy atom. The topological polar surface area (TPSA) is 75.4 Å². The first-order valence-electron chi connectivity index (χ1n) is 9.22. The van der Waals surface area contributed by atoms with Crippen LogP contribution in [0.15, 0.2) is 71.3 Å². The van der Waals surface area contributed by atoms with E-state index in [0.717, 1.165) is 10.7 Å². The van der Waals surface area contributed by atoms with Gasteiger partial charge in [0, 0.05) is 5.92 Å². The highest BCUT2D eigenvalue weighted by atomic mass is 16.4. The number of oxazole rings is 1. The van der Waals surface area contributed by atoms with Crippen LogP contribution in [0.4, 0.5) is 4.79 Å². The Labute approximate surface area is 163 Å². The van der Waals surface area contributed by atoms with E-state index in [2.05, 4.69) is 10.3 Å². The fourth-order valence-corrected chi connectivity index (χ4v) is 3.45. The molecule has 0 radical (unpaired) electrons. The van der Waals surface area contributed by atoms with Gasteiger partial charge < -0.3 is 9.73 Å². The van der Waals surface area contributed by atoms with Gasteiger partial charge in [-0.05, 0) is 11.1 Å². The molecule has 0 spiro atoms. The van der Waals surface area contributed by atoms with Crippen LogP contribution in [-0.4, -0.2) is 21.8 Å². The molecular formula is C22H21N3O3. The SMILES string of the molecule is CC(C)c1cnc(CN2C(=O)NC(c3ccccc3)(c3ccccc3)C2=O)o1. The van der Waals surface area contributed by atoms with Crippen molar-refractivity contribution >= 4 is 11.9 Å². The van der Waals surface area contributed by atoms with Crippen LogP contribution in [0.2, 0.25) is 0 Å². The zero-order valence-corrected chi connectivity index (χ0v) is 15.8. The van der Waals surface area contributed by atoms with Gasteiger partial charge in [-0.25, -0.2) is 9.78 Å². The number of hydrogen-bond acceptors (Lipinski definition) is 4. The summed E-state index contributed by atoms with van der Waals surface area (Å²) in [5, 5.41) is 2.92. The van der Waals surface area contributed by atoms with Crippen molar-refractivity contribution in [2.45, 2.75) is 31.8 Å². The molecule has 1 aromatic heterocycles. The van der Waals surface area contributed by atoms with Crippen LogP contribution < -0.4 is 5.32 Å². The van der Waals surface area contributed by atoms with Gasteiger partial charge in [-0.2, -0.15) is 0 Å². The standard InChI is InChI=1S/C22H21N3O3/c1-15(2)18-13-23-19(28-18)14-25-20(26)22(24-21(25)27,16-9-5-3-6-10-16)17-11-7-4-8-12-17/h3-13,15H,14H2,1-2H3,(H,24,27). The van der Waals surface area contributed by atoms with Gasteiger partial charge in [0.2, 0.25) is 5.89 Å². The van der Waals surface area contributed by atoms with E-state index in [-0.39, 0.29) is 18.4 Å². The van der Waals surface area contributed by atoms with E-state index in [1.807, 2.05) is 74.5 Å². The molecule has 0 saturated carbocycles.